The number of aryl methyl sites for hydroxylation is 2. The molecule has 0 spiro atoms. The summed E-state index contributed by atoms with van der Waals surface area (Å²) >= 11 is 1.41. The Morgan fingerprint density at radius 3 is 3.09 bits per heavy atom. The maximum Gasteiger partial charge on any atom is 0.261 e. The molecular formula is C15H21N3O3S. The topological polar surface area (TPSA) is 76.4 Å². The van der Waals surface area contributed by atoms with Gasteiger partial charge in [-0.05, 0) is 31.7 Å². The zero-order valence-corrected chi connectivity index (χ0v) is 13.7. The molecule has 1 amide bonds. The summed E-state index contributed by atoms with van der Waals surface area (Å²) in [5.74, 6) is 0.513. The Bertz CT molecular complexity index is 640. The van der Waals surface area contributed by atoms with Gasteiger partial charge in [0.25, 0.3) is 5.91 Å². The third kappa shape index (κ3) is 3.48. The lowest BCUT2D eigenvalue weighted by molar-refractivity contribution is 0.0321. The number of thiophene rings is 1. The highest BCUT2D eigenvalue weighted by molar-refractivity contribution is 7.20. The molecule has 0 radical (unpaired) electrons. The average Bonchev–Trinajstić information content (AvgIpc) is 3.11. The fraction of sp³-hybridized carbons (Fsp3) is 0.600. The first-order chi connectivity index (χ1) is 10.5. The second-order valence-corrected chi connectivity index (χ2v) is 6.91. The molecule has 6 nitrogen and oxygen atoms in total. The van der Waals surface area contributed by atoms with Crippen LogP contribution >= 0.6 is 11.3 Å². The van der Waals surface area contributed by atoms with Crippen LogP contribution in [0.4, 0.5) is 0 Å². The van der Waals surface area contributed by atoms with Crippen molar-refractivity contribution in [2.24, 2.45) is 13.0 Å². The van der Waals surface area contributed by atoms with Crippen LogP contribution in [-0.2, 0) is 11.8 Å². The van der Waals surface area contributed by atoms with E-state index in [4.69, 9.17) is 4.74 Å². The maximum atomic E-state index is 12.1. The number of aliphatic hydroxyl groups is 1. The van der Waals surface area contributed by atoms with Gasteiger partial charge in [-0.3, -0.25) is 9.48 Å². The molecule has 1 unspecified atom stereocenters. The monoisotopic (exact) mass is 323 g/mol. The van der Waals surface area contributed by atoms with Crippen molar-refractivity contribution in [3.8, 4) is 0 Å². The van der Waals surface area contributed by atoms with Gasteiger partial charge in [0, 0.05) is 25.6 Å². The lowest BCUT2D eigenvalue weighted by Gasteiger charge is -2.11. The molecule has 1 aliphatic carbocycles. The molecule has 3 rings (SSSR count). The molecule has 2 N–H and O–H groups in total. The van der Waals surface area contributed by atoms with Gasteiger partial charge in [0.2, 0.25) is 0 Å². The molecule has 2 aromatic rings. The van der Waals surface area contributed by atoms with Gasteiger partial charge in [0.15, 0.2) is 0 Å². The minimum Gasteiger partial charge on any atom is -0.389 e. The quantitative estimate of drug-likeness (QED) is 0.809. The second kappa shape index (κ2) is 6.36. The van der Waals surface area contributed by atoms with Crippen molar-refractivity contribution >= 4 is 27.5 Å². The Hall–Kier alpha value is -1.44. The molecule has 1 fully saturated rings. The van der Waals surface area contributed by atoms with Crippen molar-refractivity contribution in [2.45, 2.75) is 25.9 Å². The number of carbonyl (C=O) groups excluding carboxylic acids is 1. The van der Waals surface area contributed by atoms with Crippen molar-refractivity contribution in [1.82, 2.24) is 15.1 Å². The molecule has 1 aliphatic rings. The van der Waals surface area contributed by atoms with Gasteiger partial charge < -0.3 is 15.2 Å². The van der Waals surface area contributed by atoms with Gasteiger partial charge in [0.1, 0.15) is 4.83 Å². The van der Waals surface area contributed by atoms with E-state index in [0.717, 1.165) is 15.9 Å². The molecule has 22 heavy (non-hydrogen) atoms. The first-order valence-electron chi connectivity index (χ1n) is 7.51. The van der Waals surface area contributed by atoms with E-state index in [1.807, 2.05) is 20.0 Å². The molecule has 0 aromatic carbocycles. The number of nitrogens with zero attached hydrogens (tertiary/aromatic N) is 2. The Labute approximate surface area is 133 Å². The van der Waals surface area contributed by atoms with E-state index >= 15 is 0 Å². The van der Waals surface area contributed by atoms with Gasteiger partial charge in [-0.25, -0.2) is 0 Å². The molecule has 0 saturated heterocycles. The SMILES string of the molecule is Cc1nn(C)c2sc(C(=O)NCC(O)COCC3CC3)cc12. The Kier molecular flexibility index (Phi) is 4.46. The maximum absolute atomic E-state index is 12.1. The van der Waals surface area contributed by atoms with Crippen LogP contribution in [0.1, 0.15) is 28.2 Å². The van der Waals surface area contributed by atoms with E-state index in [-0.39, 0.29) is 19.1 Å². The Balaban J connectivity index is 1.50. The third-order valence-electron chi connectivity index (χ3n) is 3.78. The number of rotatable bonds is 7. The van der Waals surface area contributed by atoms with Crippen LogP contribution < -0.4 is 5.32 Å². The van der Waals surface area contributed by atoms with Crippen LogP contribution in [0.5, 0.6) is 0 Å². The largest absolute Gasteiger partial charge is 0.389 e. The predicted molar refractivity (Wildman–Crippen MR) is 85.2 cm³/mol. The highest BCUT2D eigenvalue weighted by Gasteiger charge is 2.22. The summed E-state index contributed by atoms with van der Waals surface area (Å²) in [5, 5.41) is 17.9. The fourth-order valence-corrected chi connectivity index (χ4v) is 3.37. The zero-order chi connectivity index (χ0) is 15.7. The van der Waals surface area contributed by atoms with Crippen LogP contribution in [0.2, 0.25) is 0 Å². The molecule has 1 saturated carbocycles. The van der Waals surface area contributed by atoms with Crippen molar-refractivity contribution in [2.75, 3.05) is 19.8 Å². The average molecular weight is 323 g/mol. The van der Waals surface area contributed by atoms with Gasteiger partial charge in [-0.15, -0.1) is 11.3 Å². The number of amides is 1. The van der Waals surface area contributed by atoms with Crippen molar-refractivity contribution < 1.29 is 14.6 Å². The molecular weight excluding hydrogens is 302 g/mol. The summed E-state index contributed by atoms with van der Waals surface area (Å²) in [5.41, 5.74) is 0.918. The summed E-state index contributed by atoms with van der Waals surface area (Å²) < 4.78 is 7.20. The van der Waals surface area contributed by atoms with Crippen LogP contribution in [0.25, 0.3) is 10.2 Å². The summed E-state index contributed by atoms with van der Waals surface area (Å²) in [6.45, 7) is 3.12. The van der Waals surface area contributed by atoms with E-state index in [9.17, 15) is 9.90 Å². The number of ether oxygens (including phenoxy) is 1. The van der Waals surface area contributed by atoms with Crippen LogP contribution in [-0.4, -0.2) is 46.7 Å². The molecule has 2 aromatic heterocycles. The van der Waals surface area contributed by atoms with Gasteiger partial charge in [0.05, 0.1) is 23.3 Å². The smallest absolute Gasteiger partial charge is 0.261 e. The molecule has 7 heteroatoms. The van der Waals surface area contributed by atoms with Gasteiger partial charge in [-0.2, -0.15) is 5.10 Å². The van der Waals surface area contributed by atoms with E-state index in [1.165, 1.54) is 24.2 Å². The van der Waals surface area contributed by atoms with E-state index in [1.54, 1.807) is 4.68 Å². The Morgan fingerprint density at radius 2 is 2.41 bits per heavy atom. The summed E-state index contributed by atoms with van der Waals surface area (Å²) in [6.07, 6.45) is 1.79. The second-order valence-electron chi connectivity index (χ2n) is 5.88. The number of nitrogens with one attached hydrogen (secondary N) is 1. The molecule has 2 heterocycles. The number of hydrogen-bond acceptors (Lipinski definition) is 5. The van der Waals surface area contributed by atoms with Gasteiger partial charge >= 0.3 is 0 Å². The van der Waals surface area contributed by atoms with E-state index < -0.39 is 6.10 Å². The third-order valence-corrected chi connectivity index (χ3v) is 4.98. The summed E-state index contributed by atoms with van der Waals surface area (Å²) in [4.78, 5) is 13.8. The molecule has 120 valence electrons. The van der Waals surface area contributed by atoms with Crippen molar-refractivity contribution in [3.05, 3.63) is 16.6 Å². The first kappa shape index (κ1) is 15.5. The van der Waals surface area contributed by atoms with E-state index in [2.05, 4.69) is 10.4 Å². The lowest BCUT2D eigenvalue weighted by atomic mass is 10.3. The number of fused-ring (bicyclic) bond motifs is 1. The minimum atomic E-state index is -0.666. The molecule has 0 bridgehead atoms. The summed E-state index contributed by atoms with van der Waals surface area (Å²) in [6, 6.07) is 1.85. The highest BCUT2D eigenvalue weighted by Crippen LogP contribution is 2.29. The highest BCUT2D eigenvalue weighted by atomic mass is 32.1. The normalized spacial score (nSPS) is 16.1. The molecule has 1 atom stereocenters. The van der Waals surface area contributed by atoms with Crippen molar-refractivity contribution in [3.63, 3.8) is 0 Å². The fourth-order valence-electron chi connectivity index (χ4n) is 2.33. The van der Waals surface area contributed by atoms with E-state index in [0.29, 0.717) is 17.4 Å². The van der Waals surface area contributed by atoms with Crippen LogP contribution in [0, 0.1) is 12.8 Å². The Morgan fingerprint density at radius 1 is 1.64 bits per heavy atom. The molecule has 0 aliphatic heterocycles. The predicted octanol–water partition coefficient (Wildman–Crippen LogP) is 1.46. The van der Waals surface area contributed by atoms with Crippen LogP contribution in [0.15, 0.2) is 6.07 Å². The number of aromatic nitrogens is 2. The first-order valence-corrected chi connectivity index (χ1v) is 8.33. The number of aliphatic hydroxyl groups excluding tert-OH is 1. The lowest BCUT2D eigenvalue weighted by Crippen LogP contribution is -2.34. The zero-order valence-electron chi connectivity index (χ0n) is 12.8. The van der Waals surface area contributed by atoms with Gasteiger partial charge in [-0.1, -0.05) is 0 Å². The number of hydrogen-bond donors (Lipinski definition) is 2. The minimum absolute atomic E-state index is 0.165. The van der Waals surface area contributed by atoms with Crippen LogP contribution in [0.3, 0.4) is 0 Å². The summed E-state index contributed by atoms with van der Waals surface area (Å²) in [7, 11) is 1.87. The standard InChI is InChI=1S/C15H21N3O3S/c1-9-12-5-13(22-15(12)18(2)17-9)14(20)16-6-11(19)8-21-7-10-3-4-10/h5,10-11,19H,3-4,6-8H2,1-2H3,(H,16,20). The van der Waals surface area contributed by atoms with Crippen molar-refractivity contribution in [1.29, 1.82) is 0 Å². The number of carbonyl (C=O) groups is 1.